The van der Waals surface area contributed by atoms with E-state index < -0.39 is 16.2 Å². The van der Waals surface area contributed by atoms with Gasteiger partial charge < -0.3 is 10.2 Å². The van der Waals surface area contributed by atoms with Gasteiger partial charge in [-0.1, -0.05) is 6.07 Å². The molecule has 9 heteroatoms. The predicted molar refractivity (Wildman–Crippen MR) is 54.9 cm³/mol. The summed E-state index contributed by atoms with van der Waals surface area (Å²) in [6.07, 6.45) is 0. The second kappa shape index (κ2) is 6.23. The second-order valence-electron chi connectivity index (χ2n) is 2.41. The van der Waals surface area contributed by atoms with Gasteiger partial charge in [-0.05, 0) is 12.1 Å². The van der Waals surface area contributed by atoms with E-state index in [0.29, 0.717) is 5.69 Å². The summed E-state index contributed by atoms with van der Waals surface area (Å²) in [6, 6.07) is 4.48. The molecule has 0 bridgehead atoms. The zero-order valence-corrected chi connectivity index (χ0v) is 9.03. The van der Waals surface area contributed by atoms with Crippen LogP contribution in [0.4, 0.5) is 10.1 Å². The van der Waals surface area contributed by atoms with Gasteiger partial charge in [0.15, 0.2) is 11.6 Å². The number of nitrogens with one attached hydrogen (secondary N) is 1. The van der Waals surface area contributed by atoms with E-state index in [9.17, 15) is 4.39 Å². The molecule has 0 aromatic heterocycles. The Bertz CT molecular complexity index is 428. The summed E-state index contributed by atoms with van der Waals surface area (Å²) in [7, 11) is -3.28. The summed E-state index contributed by atoms with van der Waals surface area (Å²) < 4.78 is 49.1. The highest BCUT2D eigenvalue weighted by Gasteiger charge is 2.05. The van der Waals surface area contributed by atoms with Crippen molar-refractivity contribution in [2.24, 2.45) is 5.84 Å². The van der Waals surface area contributed by atoms with E-state index in [4.69, 9.17) is 28.1 Å². The maximum Gasteiger partial charge on any atom is 0.394 e. The first kappa shape index (κ1) is 14.6. The number of benzene rings is 1. The summed E-state index contributed by atoms with van der Waals surface area (Å²) in [6.45, 7) is 0. The standard InChI is InChI=1S/C7H9FN2O.H2O4S/c1-11-7-5(8)3-2-4-6(7)10-9;1-5(2,3)4/h2-4,10H,9H2,1H3;(H2,1,2,3,4). The van der Waals surface area contributed by atoms with Crippen LogP contribution in [0.1, 0.15) is 0 Å². The van der Waals surface area contributed by atoms with Crippen molar-refractivity contribution in [2.45, 2.75) is 0 Å². The van der Waals surface area contributed by atoms with Gasteiger partial charge in [-0.15, -0.1) is 0 Å². The zero-order chi connectivity index (χ0) is 12.8. The molecule has 0 amide bonds. The Labute approximate surface area is 91.6 Å². The Hall–Kier alpha value is -1.42. The van der Waals surface area contributed by atoms with Crippen LogP contribution in [0.15, 0.2) is 18.2 Å². The van der Waals surface area contributed by atoms with Crippen molar-refractivity contribution >= 4 is 16.1 Å². The first-order valence-electron chi connectivity index (χ1n) is 3.78. The van der Waals surface area contributed by atoms with Crippen molar-refractivity contribution in [3.05, 3.63) is 24.0 Å². The number of rotatable bonds is 2. The van der Waals surface area contributed by atoms with Crippen LogP contribution in [0.25, 0.3) is 0 Å². The SMILES string of the molecule is COc1c(F)cccc1NN.O=S(=O)(O)O. The van der Waals surface area contributed by atoms with Crippen molar-refractivity contribution in [1.29, 1.82) is 0 Å². The molecule has 0 spiro atoms. The number of nitrogens with two attached hydrogens (primary N) is 1. The molecule has 0 aliphatic heterocycles. The van der Waals surface area contributed by atoms with E-state index in [0.717, 1.165) is 0 Å². The number of anilines is 1. The zero-order valence-electron chi connectivity index (χ0n) is 8.21. The molecule has 0 radical (unpaired) electrons. The summed E-state index contributed by atoms with van der Waals surface area (Å²) in [5.74, 6) is 4.80. The highest BCUT2D eigenvalue weighted by molar-refractivity contribution is 7.79. The van der Waals surface area contributed by atoms with Crippen molar-refractivity contribution in [3.63, 3.8) is 0 Å². The van der Waals surface area contributed by atoms with Crippen LogP contribution in [0.2, 0.25) is 0 Å². The van der Waals surface area contributed by atoms with Gasteiger partial charge in [-0.2, -0.15) is 8.42 Å². The third-order valence-electron chi connectivity index (χ3n) is 1.33. The minimum atomic E-state index is -4.67. The van der Waals surface area contributed by atoms with Crippen molar-refractivity contribution < 1.29 is 26.7 Å². The lowest BCUT2D eigenvalue weighted by Crippen LogP contribution is -2.08. The molecule has 16 heavy (non-hydrogen) atoms. The Morgan fingerprint density at radius 3 is 2.25 bits per heavy atom. The fourth-order valence-electron chi connectivity index (χ4n) is 0.830. The average Bonchev–Trinajstić information content (AvgIpc) is 2.14. The maximum absolute atomic E-state index is 12.8. The van der Waals surface area contributed by atoms with Crippen LogP contribution in [0.3, 0.4) is 0 Å². The van der Waals surface area contributed by atoms with Gasteiger partial charge >= 0.3 is 10.4 Å². The van der Waals surface area contributed by atoms with Gasteiger partial charge in [0, 0.05) is 0 Å². The molecular formula is C7H11FN2O5S. The van der Waals surface area contributed by atoms with Crippen LogP contribution in [0.5, 0.6) is 5.75 Å². The van der Waals surface area contributed by atoms with Crippen molar-refractivity contribution in [1.82, 2.24) is 0 Å². The monoisotopic (exact) mass is 254 g/mol. The number of para-hydroxylation sites is 1. The lowest BCUT2D eigenvalue weighted by molar-refractivity contribution is 0.381. The molecule has 1 rings (SSSR count). The topological polar surface area (TPSA) is 122 Å². The van der Waals surface area contributed by atoms with E-state index in [1.165, 1.54) is 13.2 Å². The van der Waals surface area contributed by atoms with E-state index >= 15 is 0 Å². The van der Waals surface area contributed by atoms with E-state index in [-0.39, 0.29) is 5.75 Å². The first-order valence-corrected chi connectivity index (χ1v) is 5.18. The second-order valence-corrected chi connectivity index (χ2v) is 3.31. The number of hydrogen-bond acceptors (Lipinski definition) is 5. The van der Waals surface area contributed by atoms with Gasteiger partial charge in [0.05, 0.1) is 12.8 Å². The van der Waals surface area contributed by atoms with Gasteiger partial charge in [0.1, 0.15) is 0 Å². The Balaban J connectivity index is 0.000000385. The first-order chi connectivity index (χ1) is 7.29. The molecule has 5 N–H and O–H groups in total. The van der Waals surface area contributed by atoms with Crippen LogP contribution in [-0.2, 0) is 10.4 Å². The highest BCUT2D eigenvalue weighted by Crippen LogP contribution is 2.25. The summed E-state index contributed by atoms with van der Waals surface area (Å²) >= 11 is 0. The molecule has 1 aromatic rings. The van der Waals surface area contributed by atoms with Crippen LogP contribution in [0, 0.1) is 5.82 Å². The molecule has 7 nitrogen and oxygen atoms in total. The number of methoxy groups -OCH3 is 1. The van der Waals surface area contributed by atoms with Gasteiger partial charge in [0.25, 0.3) is 0 Å². The average molecular weight is 254 g/mol. The van der Waals surface area contributed by atoms with Crippen LogP contribution < -0.4 is 16.0 Å². The van der Waals surface area contributed by atoms with Gasteiger partial charge in [-0.25, -0.2) is 4.39 Å². The van der Waals surface area contributed by atoms with E-state index in [2.05, 4.69) is 5.43 Å². The molecule has 0 atom stereocenters. The van der Waals surface area contributed by atoms with Crippen molar-refractivity contribution in [2.75, 3.05) is 12.5 Å². The third-order valence-corrected chi connectivity index (χ3v) is 1.33. The molecule has 92 valence electrons. The van der Waals surface area contributed by atoms with Crippen molar-refractivity contribution in [3.8, 4) is 5.75 Å². The minimum Gasteiger partial charge on any atom is -0.492 e. The number of ether oxygens (including phenoxy) is 1. The molecule has 0 saturated heterocycles. The summed E-state index contributed by atoms with van der Waals surface area (Å²) in [5.41, 5.74) is 2.76. The lowest BCUT2D eigenvalue weighted by Gasteiger charge is -2.06. The number of nitrogen functional groups attached to an aromatic ring is 1. The lowest BCUT2D eigenvalue weighted by atomic mass is 10.3. The van der Waals surface area contributed by atoms with E-state index in [1.807, 2.05) is 0 Å². The molecule has 0 fully saturated rings. The summed E-state index contributed by atoms with van der Waals surface area (Å²) in [5, 5.41) is 0. The Morgan fingerprint density at radius 2 is 1.94 bits per heavy atom. The molecule has 1 aromatic carbocycles. The molecule has 0 unspecified atom stereocenters. The molecule has 0 aliphatic carbocycles. The number of halogens is 1. The number of hydrogen-bond donors (Lipinski definition) is 4. The molecule has 0 aliphatic rings. The number of hydrazine groups is 1. The molecule has 0 saturated carbocycles. The normalized spacial score (nSPS) is 10.1. The van der Waals surface area contributed by atoms with Gasteiger partial charge in [0.2, 0.25) is 0 Å². The largest absolute Gasteiger partial charge is 0.492 e. The van der Waals surface area contributed by atoms with Crippen LogP contribution in [-0.4, -0.2) is 24.6 Å². The third kappa shape index (κ3) is 6.14. The quantitative estimate of drug-likeness (QED) is 0.343. The predicted octanol–water partition coefficient (Wildman–Crippen LogP) is 0.467. The maximum atomic E-state index is 12.8. The highest BCUT2D eigenvalue weighted by atomic mass is 32.3. The minimum absolute atomic E-state index is 0.134. The Kier molecular flexibility index (Phi) is 5.67. The fraction of sp³-hybridized carbons (Fsp3) is 0.143. The van der Waals surface area contributed by atoms with Gasteiger partial charge in [-0.3, -0.25) is 14.9 Å². The smallest absolute Gasteiger partial charge is 0.394 e. The van der Waals surface area contributed by atoms with Crippen LogP contribution >= 0.6 is 0 Å². The Morgan fingerprint density at radius 1 is 1.44 bits per heavy atom. The molecular weight excluding hydrogens is 243 g/mol. The van der Waals surface area contributed by atoms with E-state index in [1.54, 1.807) is 12.1 Å². The molecule has 0 heterocycles. The fourth-order valence-corrected chi connectivity index (χ4v) is 0.830. The summed E-state index contributed by atoms with van der Waals surface area (Å²) in [4.78, 5) is 0.